The van der Waals surface area contributed by atoms with Gasteiger partial charge < -0.3 is 4.74 Å². The van der Waals surface area contributed by atoms with Crippen LogP contribution in [-0.2, 0) is 4.74 Å². The fraction of sp³-hybridized carbons (Fsp3) is 0.556. The van der Waals surface area contributed by atoms with Crippen LogP contribution in [0.5, 0.6) is 0 Å². The van der Waals surface area contributed by atoms with Crippen molar-refractivity contribution in [2.75, 3.05) is 20.2 Å². The van der Waals surface area contributed by atoms with E-state index in [9.17, 15) is 0 Å². The number of benzene rings is 1. The first-order valence-corrected chi connectivity index (χ1v) is 8.13. The molecule has 1 heterocycles. The molecule has 120 valence electrons. The number of likely N-dealkylation sites (N-methyl/N-ethyl adjacent to an activating group) is 1. The SMILES string of the molecule is C=NC(=Nc1ccccc1C)OC[C@@H]1[C@@H]2C[C@@H]2CN1C.CC. The highest BCUT2D eigenvalue weighted by Crippen LogP contribution is 2.48. The Bertz CT molecular complexity index is 539. The van der Waals surface area contributed by atoms with Crippen LogP contribution < -0.4 is 0 Å². The Hall–Kier alpha value is -1.68. The summed E-state index contributed by atoms with van der Waals surface area (Å²) in [6.07, 6.45) is 1.35. The van der Waals surface area contributed by atoms with Crippen molar-refractivity contribution in [2.24, 2.45) is 21.8 Å². The quantitative estimate of drug-likeness (QED) is 0.631. The van der Waals surface area contributed by atoms with Gasteiger partial charge in [0.1, 0.15) is 6.61 Å². The third-order valence-corrected chi connectivity index (χ3v) is 4.41. The van der Waals surface area contributed by atoms with Gasteiger partial charge in [-0.15, -0.1) is 0 Å². The first kappa shape index (κ1) is 16.7. The molecule has 0 aromatic heterocycles. The van der Waals surface area contributed by atoms with Crippen LogP contribution in [-0.4, -0.2) is 43.9 Å². The van der Waals surface area contributed by atoms with Crippen molar-refractivity contribution in [1.29, 1.82) is 0 Å². The number of piperidine rings is 1. The van der Waals surface area contributed by atoms with Crippen LogP contribution >= 0.6 is 0 Å². The highest BCUT2D eigenvalue weighted by atomic mass is 16.5. The number of nitrogens with zero attached hydrogens (tertiary/aromatic N) is 3. The van der Waals surface area contributed by atoms with Crippen LogP contribution in [0, 0.1) is 18.8 Å². The van der Waals surface area contributed by atoms with Crippen LogP contribution in [0.15, 0.2) is 34.3 Å². The van der Waals surface area contributed by atoms with Gasteiger partial charge in [0.25, 0.3) is 0 Å². The third-order valence-electron chi connectivity index (χ3n) is 4.41. The van der Waals surface area contributed by atoms with Crippen LogP contribution in [0.25, 0.3) is 0 Å². The number of hydrogen-bond donors (Lipinski definition) is 0. The van der Waals surface area contributed by atoms with Gasteiger partial charge in [-0.05, 0) is 50.6 Å². The Morgan fingerprint density at radius 3 is 2.68 bits per heavy atom. The summed E-state index contributed by atoms with van der Waals surface area (Å²) in [5, 5.41) is 0. The predicted octanol–water partition coefficient (Wildman–Crippen LogP) is 3.68. The lowest BCUT2D eigenvalue weighted by molar-refractivity contribution is 0.166. The molecule has 1 aliphatic heterocycles. The molecule has 0 N–H and O–H groups in total. The second kappa shape index (κ2) is 7.54. The fourth-order valence-corrected chi connectivity index (χ4v) is 3.10. The van der Waals surface area contributed by atoms with Crippen LogP contribution in [0.2, 0.25) is 0 Å². The zero-order valence-corrected chi connectivity index (χ0v) is 14.1. The smallest absolute Gasteiger partial charge is 0.316 e. The van der Waals surface area contributed by atoms with Gasteiger partial charge in [-0.1, -0.05) is 32.0 Å². The maximum absolute atomic E-state index is 5.78. The largest absolute Gasteiger partial charge is 0.462 e. The zero-order valence-electron chi connectivity index (χ0n) is 14.1. The lowest BCUT2D eigenvalue weighted by atomic mass is 10.2. The number of hydrogen-bond acceptors (Lipinski definition) is 3. The Morgan fingerprint density at radius 1 is 1.36 bits per heavy atom. The van der Waals surface area contributed by atoms with Gasteiger partial charge in [-0.2, -0.15) is 4.99 Å². The van der Waals surface area contributed by atoms with E-state index in [1.807, 2.05) is 45.0 Å². The summed E-state index contributed by atoms with van der Waals surface area (Å²) >= 11 is 0. The van der Waals surface area contributed by atoms with Gasteiger partial charge in [0.15, 0.2) is 0 Å². The molecule has 3 rings (SSSR count). The minimum Gasteiger partial charge on any atom is -0.462 e. The molecule has 22 heavy (non-hydrogen) atoms. The average Bonchev–Trinajstić information content (AvgIpc) is 3.22. The standard InChI is InChI=1S/C16H21N3O.C2H6/c1-11-6-4-5-7-14(11)18-16(17-2)20-10-15-13-8-12(13)9-19(15)3;1-2/h4-7,12-13,15H,2,8-10H2,1,3H3;1-2H3/t12-,13-,15-;/m1./s1. The molecule has 1 saturated carbocycles. The van der Waals surface area contributed by atoms with E-state index in [0.717, 1.165) is 23.1 Å². The van der Waals surface area contributed by atoms with Gasteiger partial charge in [0.05, 0.1) is 5.69 Å². The van der Waals surface area contributed by atoms with Crippen molar-refractivity contribution >= 4 is 18.4 Å². The van der Waals surface area contributed by atoms with Gasteiger partial charge >= 0.3 is 6.02 Å². The van der Waals surface area contributed by atoms with E-state index >= 15 is 0 Å². The van der Waals surface area contributed by atoms with E-state index < -0.39 is 0 Å². The summed E-state index contributed by atoms with van der Waals surface area (Å²) in [4.78, 5) is 10.7. The minimum atomic E-state index is 0.372. The summed E-state index contributed by atoms with van der Waals surface area (Å²) in [6, 6.07) is 8.82. The Labute approximate surface area is 133 Å². The molecule has 1 saturated heterocycles. The van der Waals surface area contributed by atoms with E-state index in [0.29, 0.717) is 18.7 Å². The summed E-state index contributed by atoms with van der Waals surface area (Å²) in [5.41, 5.74) is 2.00. The lowest BCUT2D eigenvalue weighted by Crippen LogP contribution is -2.34. The second-order valence-electron chi connectivity index (χ2n) is 5.82. The molecule has 0 unspecified atom stereocenters. The van der Waals surface area contributed by atoms with Gasteiger partial charge in [0, 0.05) is 12.6 Å². The molecule has 3 atom stereocenters. The van der Waals surface area contributed by atoms with Crippen molar-refractivity contribution in [3.63, 3.8) is 0 Å². The highest BCUT2D eigenvalue weighted by Gasteiger charge is 2.51. The molecule has 0 amide bonds. The van der Waals surface area contributed by atoms with Gasteiger partial charge in [-0.3, -0.25) is 4.90 Å². The minimum absolute atomic E-state index is 0.372. The summed E-state index contributed by atoms with van der Waals surface area (Å²) in [7, 11) is 2.17. The number of likely N-dealkylation sites (tertiary alicyclic amines) is 1. The lowest BCUT2D eigenvalue weighted by Gasteiger charge is -2.22. The summed E-state index contributed by atoms with van der Waals surface area (Å²) in [6.45, 7) is 11.4. The van der Waals surface area contributed by atoms with Gasteiger partial charge in [-0.25, -0.2) is 4.99 Å². The number of aliphatic imine (C=N–C) groups is 2. The normalized spacial score (nSPS) is 26.7. The number of amidine groups is 1. The third kappa shape index (κ3) is 3.74. The maximum Gasteiger partial charge on any atom is 0.316 e. The molecule has 2 aliphatic rings. The summed E-state index contributed by atoms with van der Waals surface area (Å²) in [5.74, 6) is 1.70. The van der Waals surface area contributed by atoms with Crippen molar-refractivity contribution in [1.82, 2.24) is 4.90 Å². The average molecular weight is 301 g/mol. The number of aryl methyl sites for hydroxylation is 1. The molecule has 0 spiro atoms. The van der Waals surface area contributed by atoms with E-state index in [1.165, 1.54) is 13.0 Å². The van der Waals surface area contributed by atoms with Crippen molar-refractivity contribution in [3.05, 3.63) is 29.8 Å². The molecule has 1 aromatic carbocycles. The highest BCUT2D eigenvalue weighted by molar-refractivity contribution is 5.81. The van der Waals surface area contributed by atoms with E-state index in [1.54, 1.807) is 0 Å². The molecule has 2 fully saturated rings. The molecule has 0 radical (unpaired) electrons. The number of rotatable bonds is 3. The number of fused-ring (bicyclic) bond motifs is 1. The Kier molecular flexibility index (Phi) is 5.72. The van der Waals surface area contributed by atoms with E-state index in [4.69, 9.17) is 4.74 Å². The number of ether oxygens (including phenoxy) is 1. The first-order valence-electron chi connectivity index (χ1n) is 8.13. The molecule has 4 heteroatoms. The van der Waals surface area contributed by atoms with E-state index in [2.05, 4.69) is 28.6 Å². The molecular formula is C18H27N3O. The van der Waals surface area contributed by atoms with Crippen molar-refractivity contribution in [3.8, 4) is 0 Å². The molecule has 1 aliphatic carbocycles. The second-order valence-corrected chi connectivity index (χ2v) is 5.82. The molecular weight excluding hydrogens is 274 g/mol. The Morgan fingerprint density at radius 2 is 2.09 bits per heavy atom. The zero-order chi connectivity index (χ0) is 16.1. The Balaban J connectivity index is 0.000000847. The predicted molar refractivity (Wildman–Crippen MR) is 93.1 cm³/mol. The van der Waals surface area contributed by atoms with Crippen LogP contribution in [0.3, 0.4) is 0 Å². The molecule has 0 bridgehead atoms. The fourth-order valence-electron chi connectivity index (χ4n) is 3.10. The van der Waals surface area contributed by atoms with Gasteiger partial charge in [0.2, 0.25) is 0 Å². The van der Waals surface area contributed by atoms with Crippen molar-refractivity contribution in [2.45, 2.75) is 33.2 Å². The van der Waals surface area contributed by atoms with E-state index in [-0.39, 0.29) is 0 Å². The molecule has 1 aromatic rings. The number of para-hydroxylation sites is 1. The molecule has 4 nitrogen and oxygen atoms in total. The van der Waals surface area contributed by atoms with Crippen molar-refractivity contribution < 1.29 is 4.74 Å². The first-order chi connectivity index (χ1) is 10.7. The summed E-state index contributed by atoms with van der Waals surface area (Å²) < 4.78 is 5.78. The van der Waals surface area contributed by atoms with Crippen LogP contribution in [0.4, 0.5) is 5.69 Å². The monoisotopic (exact) mass is 301 g/mol. The maximum atomic E-state index is 5.78. The van der Waals surface area contributed by atoms with Crippen LogP contribution in [0.1, 0.15) is 25.8 Å². The topological polar surface area (TPSA) is 37.2 Å².